The van der Waals surface area contributed by atoms with Crippen LogP contribution in [0.5, 0.6) is 0 Å². The van der Waals surface area contributed by atoms with Gasteiger partial charge < -0.3 is 9.80 Å². The van der Waals surface area contributed by atoms with Crippen LogP contribution in [0, 0.1) is 0 Å². The van der Waals surface area contributed by atoms with Crippen LogP contribution in [0.25, 0.3) is 0 Å². The lowest BCUT2D eigenvalue weighted by Crippen LogP contribution is -2.37. The second-order valence-corrected chi connectivity index (χ2v) is 5.00. The predicted octanol–water partition coefficient (Wildman–Crippen LogP) is 1.27. The first-order valence-electron chi connectivity index (χ1n) is 6.32. The number of hydrogen-bond acceptors (Lipinski definition) is 4. The van der Waals surface area contributed by atoms with E-state index in [9.17, 15) is 4.79 Å². The Labute approximate surface area is 108 Å². The highest BCUT2D eigenvalue weighted by Crippen LogP contribution is 2.26. The summed E-state index contributed by atoms with van der Waals surface area (Å²) in [6.45, 7) is 3.26. The minimum absolute atomic E-state index is 0.149. The van der Waals surface area contributed by atoms with Gasteiger partial charge in [0.25, 0.3) is 0 Å². The van der Waals surface area contributed by atoms with Crippen LogP contribution in [0.1, 0.15) is 31.4 Å². The summed E-state index contributed by atoms with van der Waals surface area (Å²) < 4.78 is 0. The van der Waals surface area contributed by atoms with Gasteiger partial charge in [-0.3, -0.25) is 9.78 Å². The molecule has 0 unspecified atom stereocenters. The van der Waals surface area contributed by atoms with Crippen molar-refractivity contribution >= 4 is 11.7 Å². The molecule has 1 aliphatic rings. The van der Waals surface area contributed by atoms with Gasteiger partial charge in [0.1, 0.15) is 5.82 Å². The number of hydrogen-bond donors (Lipinski definition) is 0. The van der Waals surface area contributed by atoms with E-state index in [4.69, 9.17) is 0 Å². The van der Waals surface area contributed by atoms with Crippen LogP contribution in [0.3, 0.4) is 0 Å². The lowest BCUT2D eigenvalue weighted by molar-refractivity contribution is -0.130. The Morgan fingerprint density at radius 2 is 2.22 bits per heavy atom. The van der Waals surface area contributed by atoms with E-state index in [1.165, 1.54) is 0 Å². The number of carbonyl (C=O) groups excluding carboxylic acids is 1. The fourth-order valence-corrected chi connectivity index (χ4v) is 2.29. The maximum atomic E-state index is 11.4. The molecule has 98 valence electrons. The first-order valence-corrected chi connectivity index (χ1v) is 6.32. The van der Waals surface area contributed by atoms with E-state index in [2.05, 4.69) is 9.97 Å². The molecule has 0 radical (unpaired) electrons. The van der Waals surface area contributed by atoms with Crippen molar-refractivity contribution in [1.82, 2.24) is 14.9 Å². The molecule has 1 saturated heterocycles. The molecule has 2 rings (SSSR count). The van der Waals surface area contributed by atoms with E-state index in [0.717, 1.165) is 37.4 Å². The van der Waals surface area contributed by atoms with Crippen LogP contribution in [0.2, 0.25) is 0 Å². The summed E-state index contributed by atoms with van der Waals surface area (Å²) in [6.07, 6.45) is 5.70. The minimum Gasteiger partial charge on any atom is -0.361 e. The van der Waals surface area contributed by atoms with Crippen molar-refractivity contribution in [1.29, 1.82) is 0 Å². The number of nitrogens with zero attached hydrogens (tertiary/aromatic N) is 4. The molecule has 1 atom stereocenters. The maximum Gasteiger partial charge on any atom is 0.219 e. The Morgan fingerprint density at radius 3 is 2.89 bits per heavy atom. The van der Waals surface area contributed by atoms with E-state index in [0.29, 0.717) is 5.92 Å². The molecular weight excluding hydrogens is 228 g/mol. The number of rotatable bonds is 2. The highest BCUT2D eigenvalue weighted by Gasteiger charge is 2.24. The summed E-state index contributed by atoms with van der Waals surface area (Å²) in [7, 11) is 3.91. The lowest BCUT2D eigenvalue weighted by Gasteiger charge is -2.31. The van der Waals surface area contributed by atoms with Gasteiger partial charge in [0.2, 0.25) is 5.91 Å². The molecule has 1 aromatic rings. The molecule has 1 amide bonds. The number of likely N-dealkylation sites (tertiary alicyclic amines) is 1. The molecule has 18 heavy (non-hydrogen) atoms. The highest BCUT2D eigenvalue weighted by molar-refractivity contribution is 5.73. The smallest absolute Gasteiger partial charge is 0.219 e. The van der Waals surface area contributed by atoms with Crippen molar-refractivity contribution in [3.05, 3.63) is 18.1 Å². The van der Waals surface area contributed by atoms with Crippen molar-refractivity contribution in [2.45, 2.75) is 25.7 Å². The zero-order valence-electron chi connectivity index (χ0n) is 11.3. The van der Waals surface area contributed by atoms with Crippen LogP contribution in [-0.2, 0) is 4.79 Å². The third kappa shape index (κ3) is 2.78. The molecule has 0 N–H and O–H groups in total. The van der Waals surface area contributed by atoms with Crippen LogP contribution in [-0.4, -0.2) is 48.0 Å². The van der Waals surface area contributed by atoms with Gasteiger partial charge in [0.05, 0.1) is 11.9 Å². The molecule has 0 aromatic carbocycles. The number of carbonyl (C=O) groups is 1. The third-order valence-corrected chi connectivity index (χ3v) is 3.38. The van der Waals surface area contributed by atoms with Gasteiger partial charge in [0.15, 0.2) is 0 Å². The van der Waals surface area contributed by atoms with E-state index >= 15 is 0 Å². The summed E-state index contributed by atoms with van der Waals surface area (Å²) >= 11 is 0. The molecule has 0 aliphatic carbocycles. The summed E-state index contributed by atoms with van der Waals surface area (Å²) in [6, 6.07) is 0. The Bertz CT molecular complexity index is 433. The zero-order chi connectivity index (χ0) is 13.1. The van der Waals surface area contributed by atoms with Crippen molar-refractivity contribution in [2.24, 2.45) is 0 Å². The standard InChI is InChI=1S/C13H20N4O/c1-10(18)17-6-4-5-11(9-17)12-7-14-8-13(15-12)16(2)3/h7-8,11H,4-6,9H2,1-3H3/t11-/m0/s1. The highest BCUT2D eigenvalue weighted by atomic mass is 16.2. The van der Waals surface area contributed by atoms with Crippen LogP contribution < -0.4 is 4.90 Å². The minimum atomic E-state index is 0.149. The van der Waals surface area contributed by atoms with Gasteiger partial charge in [-0.05, 0) is 12.8 Å². The average molecular weight is 248 g/mol. The molecular formula is C13H20N4O. The molecule has 5 nitrogen and oxygen atoms in total. The second kappa shape index (κ2) is 5.33. The van der Waals surface area contributed by atoms with Gasteiger partial charge in [-0.1, -0.05) is 0 Å². The SMILES string of the molecule is CC(=O)N1CCC[C@H](c2cncc(N(C)C)n2)C1. The van der Waals surface area contributed by atoms with Crippen molar-refractivity contribution in [2.75, 3.05) is 32.1 Å². The Balaban J connectivity index is 2.15. The van der Waals surface area contributed by atoms with Crippen LogP contribution >= 0.6 is 0 Å². The summed E-state index contributed by atoms with van der Waals surface area (Å²) in [4.78, 5) is 24.1. The monoisotopic (exact) mass is 248 g/mol. The second-order valence-electron chi connectivity index (χ2n) is 5.00. The molecule has 0 saturated carbocycles. The molecule has 0 bridgehead atoms. The van der Waals surface area contributed by atoms with Gasteiger partial charge >= 0.3 is 0 Å². The van der Waals surface area contributed by atoms with Crippen molar-refractivity contribution in [3.8, 4) is 0 Å². The molecule has 0 spiro atoms. The number of piperidine rings is 1. The molecule has 1 aromatic heterocycles. The Hall–Kier alpha value is -1.65. The van der Waals surface area contributed by atoms with Gasteiger partial charge in [-0.2, -0.15) is 0 Å². The van der Waals surface area contributed by atoms with Crippen LogP contribution in [0.15, 0.2) is 12.4 Å². The quantitative estimate of drug-likeness (QED) is 0.791. The lowest BCUT2D eigenvalue weighted by atomic mass is 9.95. The topological polar surface area (TPSA) is 49.3 Å². The van der Waals surface area contributed by atoms with Gasteiger partial charge in [-0.15, -0.1) is 0 Å². The van der Waals surface area contributed by atoms with Gasteiger partial charge in [-0.25, -0.2) is 4.98 Å². The van der Waals surface area contributed by atoms with E-state index in [-0.39, 0.29) is 5.91 Å². The number of amides is 1. The summed E-state index contributed by atoms with van der Waals surface area (Å²) in [5.74, 6) is 1.33. The van der Waals surface area contributed by atoms with E-state index in [1.54, 1.807) is 13.1 Å². The summed E-state index contributed by atoms with van der Waals surface area (Å²) in [5, 5.41) is 0. The molecule has 1 aliphatic heterocycles. The predicted molar refractivity (Wildman–Crippen MR) is 70.6 cm³/mol. The van der Waals surface area contributed by atoms with E-state index < -0.39 is 0 Å². The fraction of sp³-hybridized carbons (Fsp3) is 0.615. The average Bonchev–Trinajstić information content (AvgIpc) is 2.39. The first-order chi connectivity index (χ1) is 8.58. The summed E-state index contributed by atoms with van der Waals surface area (Å²) in [5.41, 5.74) is 0.993. The third-order valence-electron chi connectivity index (χ3n) is 3.38. The number of aromatic nitrogens is 2. The maximum absolute atomic E-state index is 11.4. The largest absolute Gasteiger partial charge is 0.361 e. The molecule has 2 heterocycles. The number of anilines is 1. The Morgan fingerprint density at radius 1 is 1.44 bits per heavy atom. The normalized spacial score (nSPS) is 19.7. The fourth-order valence-electron chi connectivity index (χ4n) is 2.29. The first kappa shape index (κ1) is 12.8. The van der Waals surface area contributed by atoms with Crippen LogP contribution in [0.4, 0.5) is 5.82 Å². The van der Waals surface area contributed by atoms with E-state index in [1.807, 2.05) is 30.1 Å². The molecule has 5 heteroatoms. The van der Waals surface area contributed by atoms with Crippen molar-refractivity contribution in [3.63, 3.8) is 0 Å². The molecule has 1 fully saturated rings. The zero-order valence-corrected chi connectivity index (χ0v) is 11.3. The van der Waals surface area contributed by atoms with Gasteiger partial charge in [0, 0.05) is 46.2 Å². The van der Waals surface area contributed by atoms with Crippen molar-refractivity contribution < 1.29 is 4.79 Å². The Kier molecular flexibility index (Phi) is 3.79.